The summed E-state index contributed by atoms with van der Waals surface area (Å²) in [5.41, 5.74) is 0.935. The SMILES string of the molecule is CCC[C@H](C)Oc1cc(N2N=C(CO)N(C)C2O)c(F)cc1C(=O)Nc1c(C)ccnc1OC. The number of hydrazone groups is 1. The Morgan fingerprint density at radius 2 is 2.12 bits per heavy atom. The van der Waals surface area contributed by atoms with Crippen molar-refractivity contribution in [1.82, 2.24) is 9.88 Å². The summed E-state index contributed by atoms with van der Waals surface area (Å²) in [6.45, 7) is 5.20. The highest BCUT2D eigenvalue weighted by atomic mass is 19.1. The maximum Gasteiger partial charge on any atom is 0.259 e. The molecule has 3 rings (SSSR count). The Bertz CT molecular complexity index is 1080. The van der Waals surface area contributed by atoms with Gasteiger partial charge in [-0.15, -0.1) is 0 Å². The molecule has 0 saturated carbocycles. The Balaban J connectivity index is 2.04. The van der Waals surface area contributed by atoms with Crippen LogP contribution in [0.3, 0.4) is 0 Å². The number of anilines is 2. The van der Waals surface area contributed by atoms with Gasteiger partial charge < -0.3 is 29.9 Å². The first-order chi connectivity index (χ1) is 16.2. The number of aliphatic hydroxyl groups excluding tert-OH is 2. The number of ether oxygens (including phenoxy) is 2. The summed E-state index contributed by atoms with van der Waals surface area (Å²) >= 11 is 0. The average molecular weight is 476 g/mol. The predicted molar refractivity (Wildman–Crippen MR) is 126 cm³/mol. The number of methoxy groups -OCH3 is 1. The number of nitrogens with zero attached hydrogens (tertiary/aromatic N) is 4. The van der Waals surface area contributed by atoms with Gasteiger partial charge in [-0.25, -0.2) is 14.4 Å². The third-order valence-electron chi connectivity index (χ3n) is 5.46. The van der Waals surface area contributed by atoms with Crippen LogP contribution in [0.2, 0.25) is 0 Å². The number of aliphatic hydroxyl groups is 2. The lowest BCUT2D eigenvalue weighted by atomic mass is 10.1. The molecular formula is C23H30FN5O5. The Labute approximate surface area is 197 Å². The molecule has 2 atom stereocenters. The second-order valence-corrected chi connectivity index (χ2v) is 7.96. The van der Waals surface area contributed by atoms with Crippen LogP contribution in [0.25, 0.3) is 0 Å². The molecule has 0 fully saturated rings. The van der Waals surface area contributed by atoms with Gasteiger partial charge in [0.15, 0.2) is 5.84 Å². The van der Waals surface area contributed by atoms with Gasteiger partial charge in [0.2, 0.25) is 12.2 Å². The molecule has 1 aromatic carbocycles. The van der Waals surface area contributed by atoms with Crippen molar-refractivity contribution >= 4 is 23.1 Å². The molecule has 1 aromatic heterocycles. The Kier molecular flexibility index (Phi) is 7.90. The lowest BCUT2D eigenvalue weighted by Crippen LogP contribution is -2.40. The molecule has 0 aliphatic carbocycles. The van der Waals surface area contributed by atoms with Gasteiger partial charge in [-0.1, -0.05) is 13.3 Å². The number of carbonyl (C=O) groups is 1. The Morgan fingerprint density at radius 1 is 1.38 bits per heavy atom. The molecule has 11 heteroatoms. The number of hydrogen-bond donors (Lipinski definition) is 3. The normalized spacial score (nSPS) is 16.4. The molecule has 10 nitrogen and oxygen atoms in total. The number of carbonyl (C=O) groups excluding carboxylic acids is 1. The molecule has 0 saturated heterocycles. The number of aryl methyl sites for hydroxylation is 1. The molecular weight excluding hydrogens is 445 g/mol. The quantitative estimate of drug-likeness (QED) is 0.507. The number of halogens is 1. The smallest absolute Gasteiger partial charge is 0.259 e. The second kappa shape index (κ2) is 10.7. The van der Waals surface area contributed by atoms with Crippen LogP contribution in [-0.4, -0.2) is 65.1 Å². The number of nitrogens with one attached hydrogen (secondary N) is 1. The molecule has 2 heterocycles. The lowest BCUT2D eigenvalue weighted by Gasteiger charge is -2.25. The topological polar surface area (TPSA) is 120 Å². The number of hydrogen-bond acceptors (Lipinski definition) is 9. The van der Waals surface area contributed by atoms with Crippen molar-refractivity contribution in [3.8, 4) is 11.6 Å². The van der Waals surface area contributed by atoms with E-state index in [1.54, 1.807) is 19.2 Å². The lowest BCUT2D eigenvalue weighted by molar-refractivity contribution is 0.0775. The highest BCUT2D eigenvalue weighted by molar-refractivity contribution is 6.07. The van der Waals surface area contributed by atoms with Gasteiger partial charge in [0, 0.05) is 19.3 Å². The number of amidine groups is 1. The molecule has 1 amide bonds. The van der Waals surface area contributed by atoms with Crippen LogP contribution < -0.4 is 19.8 Å². The van der Waals surface area contributed by atoms with E-state index in [1.807, 2.05) is 13.8 Å². The monoisotopic (exact) mass is 475 g/mol. The minimum atomic E-state index is -1.33. The van der Waals surface area contributed by atoms with Gasteiger partial charge in [-0.2, -0.15) is 5.10 Å². The molecule has 0 radical (unpaired) electrons. The fourth-order valence-electron chi connectivity index (χ4n) is 3.56. The van der Waals surface area contributed by atoms with Gasteiger partial charge in [-0.05, 0) is 38.0 Å². The minimum Gasteiger partial charge on any atom is -0.490 e. The molecule has 1 aliphatic heterocycles. The molecule has 0 spiro atoms. The third-order valence-corrected chi connectivity index (χ3v) is 5.46. The maximum absolute atomic E-state index is 15.2. The van der Waals surface area contributed by atoms with Crippen molar-refractivity contribution in [3.05, 3.63) is 41.3 Å². The number of aromatic nitrogens is 1. The summed E-state index contributed by atoms with van der Waals surface area (Å²) in [5, 5.41) is 27.8. The van der Waals surface area contributed by atoms with E-state index in [0.29, 0.717) is 17.7 Å². The highest BCUT2D eigenvalue weighted by Gasteiger charge is 2.33. The molecule has 2 aromatic rings. The van der Waals surface area contributed by atoms with Crippen LogP contribution in [0.15, 0.2) is 29.5 Å². The van der Waals surface area contributed by atoms with E-state index in [1.165, 1.54) is 25.1 Å². The standard InChI is InChI=1S/C23H30FN5O5/c1-6-7-14(3)34-18-11-17(29-23(32)28(4)19(12-30)27-29)16(24)10-15(18)21(31)26-20-13(2)8-9-25-22(20)33-5/h8-11,14,23,30,32H,6-7,12H2,1-5H3,(H,26,31)/t14-,23?/m0/s1. The van der Waals surface area contributed by atoms with Crippen molar-refractivity contribution < 1.29 is 28.9 Å². The fourth-order valence-corrected chi connectivity index (χ4v) is 3.56. The summed E-state index contributed by atoms with van der Waals surface area (Å²) in [6.07, 6.45) is 1.53. The van der Waals surface area contributed by atoms with E-state index < -0.39 is 24.7 Å². The van der Waals surface area contributed by atoms with Gasteiger partial charge >= 0.3 is 0 Å². The van der Waals surface area contributed by atoms with E-state index in [9.17, 15) is 15.0 Å². The third kappa shape index (κ3) is 5.05. The van der Waals surface area contributed by atoms with Gasteiger partial charge in [-0.3, -0.25) is 4.79 Å². The average Bonchev–Trinajstić information content (AvgIpc) is 3.09. The summed E-state index contributed by atoms with van der Waals surface area (Å²) in [7, 11) is 2.95. The van der Waals surface area contributed by atoms with Crippen LogP contribution in [0.4, 0.5) is 15.8 Å². The first kappa shape index (κ1) is 25.2. The van der Waals surface area contributed by atoms with Crippen molar-refractivity contribution in [2.24, 2.45) is 5.10 Å². The molecule has 0 bridgehead atoms. The van der Waals surface area contributed by atoms with Crippen LogP contribution in [0.1, 0.15) is 42.6 Å². The Morgan fingerprint density at radius 3 is 2.74 bits per heavy atom. The number of likely N-dealkylation sites (N-methyl/N-ethyl adjacent to an activating group) is 1. The number of rotatable bonds is 9. The van der Waals surface area contributed by atoms with Crippen molar-refractivity contribution in [2.45, 2.75) is 46.1 Å². The Hall–Kier alpha value is -3.44. The van der Waals surface area contributed by atoms with Crippen molar-refractivity contribution in [2.75, 3.05) is 31.1 Å². The van der Waals surface area contributed by atoms with Gasteiger partial charge in [0.25, 0.3) is 5.91 Å². The summed E-state index contributed by atoms with van der Waals surface area (Å²) in [4.78, 5) is 18.6. The molecule has 34 heavy (non-hydrogen) atoms. The molecule has 184 valence electrons. The van der Waals surface area contributed by atoms with Crippen molar-refractivity contribution in [1.29, 1.82) is 0 Å². The van der Waals surface area contributed by atoms with Gasteiger partial charge in [0.05, 0.1) is 18.8 Å². The molecule has 1 unspecified atom stereocenters. The summed E-state index contributed by atoms with van der Waals surface area (Å²) < 4.78 is 26.5. The van der Waals surface area contributed by atoms with E-state index >= 15 is 4.39 Å². The molecule has 1 aliphatic rings. The maximum atomic E-state index is 15.2. The van der Waals surface area contributed by atoms with Gasteiger partial charge in [0.1, 0.15) is 29.5 Å². The van der Waals surface area contributed by atoms with Crippen LogP contribution in [0, 0.1) is 12.7 Å². The van der Waals surface area contributed by atoms with Crippen LogP contribution >= 0.6 is 0 Å². The van der Waals surface area contributed by atoms with Crippen molar-refractivity contribution in [3.63, 3.8) is 0 Å². The minimum absolute atomic E-state index is 0.0390. The van der Waals surface area contributed by atoms with Crippen LogP contribution in [0.5, 0.6) is 11.6 Å². The second-order valence-electron chi connectivity index (χ2n) is 7.96. The zero-order chi connectivity index (χ0) is 25.0. The summed E-state index contributed by atoms with van der Waals surface area (Å²) in [5.74, 6) is -0.906. The first-order valence-corrected chi connectivity index (χ1v) is 10.9. The van der Waals surface area contributed by atoms with E-state index in [-0.39, 0.29) is 34.8 Å². The van der Waals surface area contributed by atoms with Crippen LogP contribution in [-0.2, 0) is 0 Å². The number of benzene rings is 1. The fraction of sp³-hybridized carbons (Fsp3) is 0.435. The first-order valence-electron chi connectivity index (χ1n) is 10.9. The zero-order valence-electron chi connectivity index (χ0n) is 19.9. The van der Waals surface area contributed by atoms with E-state index in [4.69, 9.17) is 9.47 Å². The molecule has 3 N–H and O–H groups in total. The number of pyridine rings is 1. The predicted octanol–water partition coefficient (Wildman–Crippen LogP) is 2.69. The zero-order valence-corrected chi connectivity index (χ0v) is 19.9. The number of amides is 1. The highest BCUT2D eigenvalue weighted by Crippen LogP contribution is 2.34. The summed E-state index contributed by atoms with van der Waals surface area (Å²) in [6, 6.07) is 4.07. The van der Waals surface area contributed by atoms with E-state index in [0.717, 1.165) is 17.5 Å². The van der Waals surface area contributed by atoms with E-state index in [2.05, 4.69) is 15.4 Å². The largest absolute Gasteiger partial charge is 0.490 e.